The summed E-state index contributed by atoms with van der Waals surface area (Å²) in [5, 5.41) is 7.14. The molecule has 6 nitrogen and oxygen atoms in total. The number of hydrogen-bond donors (Lipinski definition) is 1. The van der Waals surface area contributed by atoms with E-state index in [9.17, 15) is 9.59 Å². The number of aromatic nitrogens is 2. The largest absolute Gasteiger partial charge is 0.344 e. The molecule has 0 spiro atoms. The van der Waals surface area contributed by atoms with Crippen LogP contribution in [0.2, 0.25) is 0 Å². The van der Waals surface area contributed by atoms with Gasteiger partial charge in [0.25, 0.3) is 0 Å². The van der Waals surface area contributed by atoms with Crippen molar-refractivity contribution in [3.63, 3.8) is 0 Å². The van der Waals surface area contributed by atoms with Crippen LogP contribution in [0, 0.1) is 0 Å². The third-order valence-electron chi connectivity index (χ3n) is 4.77. The van der Waals surface area contributed by atoms with Gasteiger partial charge < -0.3 is 10.2 Å². The fourth-order valence-corrected chi connectivity index (χ4v) is 3.57. The van der Waals surface area contributed by atoms with Crippen molar-refractivity contribution in [1.29, 1.82) is 0 Å². The molecule has 2 aliphatic rings. The molecule has 0 aliphatic carbocycles. The van der Waals surface area contributed by atoms with Gasteiger partial charge in [0, 0.05) is 26.2 Å². The van der Waals surface area contributed by atoms with Crippen molar-refractivity contribution in [1.82, 2.24) is 20.0 Å². The summed E-state index contributed by atoms with van der Waals surface area (Å²) >= 11 is 0. The first kappa shape index (κ1) is 15.1. The van der Waals surface area contributed by atoms with Crippen LogP contribution in [-0.2, 0) is 16.6 Å². The number of carbonyl (C=O) groups excluding carboxylic acids is 2. The smallest absolute Gasteiger partial charge is 0.245 e. The van der Waals surface area contributed by atoms with Gasteiger partial charge in [-0.15, -0.1) is 0 Å². The maximum Gasteiger partial charge on any atom is 0.245 e. The number of carbonyl (C=O) groups is 2. The first-order valence-corrected chi connectivity index (χ1v) is 8.24. The van der Waals surface area contributed by atoms with Crippen LogP contribution in [0.5, 0.6) is 0 Å². The summed E-state index contributed by atoms with van der Waals surface area (Å²) in [5.41, 5.74) is 1.08. The van der Waals surface area contributed by atoms with E-state index in [1.54, 1.807) is 6.20 Å². The summed E-state index contributed by atoms with van der Waals surface area (Å²) in [7, 11) is 1.92. The fraction of sp³-hybridized carbons (Fsp3) is 0.688. The summed E-state index contributed by atoms with van der Waals surface area (Å²) in [6, 6.07) is 1.71. The molecule has 0 bridgehead atoms. The van der Waals surface area contributed by atoms with Crippen molar-refractivity contribution in [2.75, 3.05) is 6.54 Å². The molecule has 2 amide bonds. The lowest BCUT2D eigenvalue weighted by Crippen LogP contribution is -2.50. The van der Waals surface area contributed by atoms with Gasteiger partial charge >= 0.3 is 0 Å². The second kappa shape index (κ2) is 6.50. The third kappa shape index (κ3) is 3.00. The number of hydrogen-bond acceptors (Lipinski definition) is 3. The summed E-state index contributed by atoms with van der Waals surface area (Å²) in [6.07, 6.45) is 7.98. The Bertz CT molecular complexity index is 554. The Kier molecular flexibility index (Phi) is 4.45. The molecule has 1 aromatic heterocycles. The van der Waals surface area contributed by atoms with Crippen LogP contribution < -0.4 is 5.32 Å². The molecule has 3 heterocycles. The van der Waals surface area contributed by atoms with Gasteiger partial charge in [-0.3, -0.25) is 14.3 Å². The Morgan fingerprint density at radius 2 is 2.09 bits per heavy atom. The molecular formula is C16H24N4O2. The van der Waals surface area contributed by atoms with Crippen molar-refractivity contribution in [2.24, 2.45) is 7.05 Å². The number of piperidine rings is 1. The van der Waals surface area contributed by atoms with Crippen molar-refractivity contribution in [2.45, 2.75) is 57.0 Å². The predicted octanol–water partition coefficient (Wildman–Crippen LogP) is 1.53. The molecule has 2 atom stereocenters. The molecule has 120 valence electrons. The van der Waals surface area contributed by atoms with Crippen LogP contribution in [0.15, 0.2) is 12.3 Å². The Morgan fingerprint density at radius 1 is 1.27 bits per heavy atom. The maximum absolute atomic E-state index is 12.9. The normalized spacial score (nSPS) is 26.4. The number of likely N-dealkylation sites (tertiary alicyclic amines) is 1. The standard InChI is InChI=1S/C16H24N4O2/c1-19-13(9-10-17-19)14-7-4-5-11-20(14)16(22)12-6-2-3-8-15(21)18-12/h9-10,12,14H,2-8,11H2,1H3,(H,18,21)/t12-,14-/m0/s1. The molecule has 2 fully saturated rings. The van der Waals surface area contributed by atoms with Crippen molar-refractivity contribution < 1.29 is 9.59 Å². The quantitative estimate of drug-likeness (QED) is 0.901. The number of nitrogens with one attached hydrogen (secondary N) is 1. The lowest BCUT2D eigenvalue weighted by atomic mass is 9.97. The molecule has 6 heteroatoms. The highest BCUT2D eigenvalue weighted by molar-refractivity contribution is 5.88. The second-order valence-corrected chi connectivity index (χ2v) is 6.29. The summed E-state index contributed by atoms with van der Waals surface area (Å²) in [4.78, 5) is 26.7. The highest BCUT2D eigenvalue weighted by atomic mass is 16.2. The van der Waals surface area contributed by atoms with Gasteiger partial charge in [0.1, 0.15) is 6.04 Å². The summed E-state index contributed by atoms with van der Waals surface area (Å²) < 4.78 is 1.85. The van der Waals surface area contributed by atoms with Crippen molar-refractivity contribution >= 4 is 11.8 Å². The molecule has 22 heavy (non-hydrogen) atoms. The molecule has 1 N–H and O–H groups in total. The van der Waals surface area contributed by atoms with Crippen LogP contribution in [-0.4, -0.2) is 39.1 Å². The van der Waals surface area contributed by atoms with Crippen LogP contribution in [0.4, 0.5) is 0 Å². The Hall–Kier alpha value is -1.85. The Labute approximate surface area is 130 Å². The lowest BCUT2D eigenvalue weighted by molar-refractivity contribution is -0.139. The topological polar surface area (TPSA) is 67.2 Å². The van der Waals surface area contributed by atoms with Gasteiger partial charge in [-0.1, -0.05) is 6.42 Å². The van der Waals surface area contributed by atoms with Gasteiger partial charge in [0.05, 0.1) is 11.7 Å². The number of nitrogens with zero attached hydrogens (tertiary/aromatic N) is 3. The SMILES string of the molecule is Cn1nccc1[C@@H]1CCCCN1C(=O)[C@@H]1CCCCC(=O)N1. The van der Waals surface area contributed by atoms with E-state index in [1.807, 2.05) is 22.7 Å². The van der Waals surface area contributed by atoms with Gasteiger partial charge in [-0.25, -0.2) is 0 Å². The molecular weight excluding hydrogens is 280 g/mol. The van der Waals surface area contributed by atoms with Crippen LogP contribution in [0.1, 0.15) is 56.7 Å². The number of aryl methyl sites for hydroxylation is 1. The van der Waals surface area contributed by atoms with E-state index >= 15 is 0 Å². The number of rotatable bonds is 2. The summed E-state index contributed by atoms with van der Waals surface area (Å²) in [6.45, 7) is 0.765. The minimum Gasteiger partial charge on any atom is -0.344 e. The average Bonchev–Trinajstić information content (AvgIpc) is 2.83. The summed E-state index contributed by atoms with van der Waals surface area (Å²) in [5.74, 6) is 0.0751. The molecule has 2 saturated heterocycles. The van der Waals surface area contributed by atoms with E-state index < -0.39 is 0 Å². The Balaban J connectivity index is 1.79. The predicted molar refractivity (Wildman–Crippen MR) is 81.9 cm³/mol. The molecule has 0 unspecified atom stereocenters. The zero-order valence-corrected chi connectivity index (χ0v) is 13.1. The van der Waals surface area contributed by atoms with Crippen LogP contribution in [0.3, 0.4) is 0 Å². The van der Waals surface area contributed by atoms with E-state index in [0.29, 0.717) is 6.42 Å². The average molecular weight is 304 g/mol. The molecule has 0 aromatic carbocycles. The van der Waals surface area contributed by atoms with E-state index in [2.05, 4.69) is 10.4 Å². The monoisotopic (exact) mass is 304 g/mol. The van der Waals surface area contributed by atoms with Crippen molar-refractivity contribution in [3.05, 3.63) is 18.0 Å². The fourth-order valence-electron chi connectivity index (χ4n) is 3.57. The third-order valence-corrected chi connectivity index (χ3v) is 4.77. The highest BCUT2D eigenvalue weighted by Gasteiger charge is 2.34. The Morgan fingerprint density at radius 3 is 2.86 bits per heavy atom. The van der Waals surface area contributed by atoms with E-state index in [-0.39, 0.29) is 23.9 Å². The van der Waals surface area contributed by atoms with E-state index in [4.69, 9.17) is 0 Å². The minimum absolute atomic E-state index is 0.00458. The van der Waals surface area contributed by atoms with E-state index in [1.165, 1.54) is 0 Å². The molecule has 0 radical (unpaired) electrons. The first-order valence-electron chi connectivity index (χ1n) is 8.24. The van der Waals surface area contributed by atoms with Crippen molar-refractivity contribution in [3.8, 4) is 0 Å². The van der Waals surface area contributed by atoms with E-state index in [0.717, 1.165) is 50.8 Å². The second-order valence-electron chi connectivity index (χ2n) is 6.29. The highest BCUT2D eigenvalue weighted by Crippen LogP contribution is 2.31. The van der Waals surface area contributed by atoms with Crippen LogP contribution in [0.25, 0.3) is 0 Å². The first-order chi connectivity index (χ1) is 10.7. The lowest BCUT2D eigenvalue weighted by Gasteiger charge is -2.37. The molecule has 1 aromatic rings. The maximum atomic E-state index is 12.9. The molecule has 0 saturated carbocycles. The molecule has 3 rings (SSSR count). The van der Waals surface area contributed by atoms with Gasteiger partial charge in [-0.2, -0.15) is 5.10 Å². The number of amides is 2. The minimum atomic E-state index is -0.358. The van der Waals surface area contributed by atoms with Gasteiger partial charge in [-0.05, 0) is 38.2 Å². The van der Waals surface area contributed by atoms with Gasteiger partial charge in [0.2, 0.25) is 11.8 Å². The van der Waals surface area contributed by atoms with Gasteiger partial charge in [0.15, 0.2) is 0 Å². The molecule has 2 aliphatic heterocycles. The van der Waals surface area contributed by atoms with Crippen LogP contribution >= 0.6 is 0 Å². The zero-order valence-electron chi connectivity index (χ0n) is 13.1. The zero-order chi connectivity index (χ0) is 15.5.